The summed E-state index contributed by atoms with van der Waals surface area (Å²) in [5.41, 5.74) is 3.30. The maximum Gasteiger partial charge on any atom is 0.230 e. The van der Waals surface area contributed by atoms with Gasteiger partial charge in [0.05, 0.1) is 29.0 Å². The van der Waals surface area contributed by atoms with Gasteiger partial charge in [-0.15, -0.1) is 0 Å². The van der Waals surface area contributed by atoms with E-state index in [-0.39, 0.29) is 36.5 Å². The van der Waals surface area contributed by atoms with Crippen molar-refractivity contribution in [2.75, 3.05) is 5.32 Å². The summed E-state index contributed by atoms with van der Waals surface area (Å²) in [5.74, 6) is -1.06. The molecule has 5 rings (SSSR count). The third kappa shape index (κ3) is 5.39. The van der Waals surface area contributed by atoms with Crippen molar-refractivity contribution in [3.8, 4) is 0 Å². The smallest absolute Gasteiger partial charge is 0.230 e. The lowest BCUT2D eigenvalue weighted by Crippen LogP contribution is -2.38. The Labute approximate surface area is 212 Å². The number of Topliss-reactive ketones (excluding diaryl/α,β-unsaturated/α-hetero) is 1. The van der Waals surface area contributed by atoms with E-state index in [0.717, 1.165) is 16.7 Å². The highest BCUT2D eigenvalue weighted by Crippen LogP contribution is 2.33. The molecule has 8 heteroatoms. The maximum atomic E-state index is 13.3. The second-order valence-electron chi connectivity index (χ2n) is 8.67. The maximum absolute atomic E-state index is 13.3. The minimum atomic E-state index is -0.534. The number of amides is 2. The Morgan fingerprint density at radius 2 is 1.58 bits per heavy atom. The van der Waals surface area contributed by atoms with Crippen molar-refractivity contribution >= 4 is 34.1 Å². The van der Waals surface area contributed by atoms with E-state index in [2.05, 4.69) is 20.6 Å². The van der Waals surface area contributed by atoms with E-state index in [9.17, 15) is 14.4 Å². The normalized spacial score (nSPS) is 15.6. The molecule has 2 atom stereocenters. The largest absolute Gasteiger partial charge is 0.345 e. The van der Waals surface area contributed by atoms with Crippen molar-refractivity contribution in [2.24, 2.45) is 5.92 Å². The number of carbonyl (C=O) groups is 3. The molecule has 4 aromatic rings. The highest BCUT2D eigenvalue weighted by Gasteiger charge is 2.34. The van der Waals surface area contributed by atoms with Crippen molar-refractivity contribution in [3.05, 3.63) is 112 Å². The molecule has 0 saturated carbocycles. The molecule has 0 saturated heterocycles. The van der Waals surface area contributed by atoms with Gasteiger partial charge in [-0.1, -0.05) is 72.0 Å². The third-order valence-electron chi connectivity index (χ3n) is 6.11. The number of rotatable bonds is 7. The van der Waals surface area contributed by atoms with E-state index in [1.165, 1.54) is 11.3 Å². The summed E-state index contributed by atoms with van der Waals surface area (Å²) < 4.78 is 0. The van der Waals surface area contributed by atoms with Crippen molar-refractivity contribution in [3.63, 3.8) is 0 Å². The molecule has 2 unspecified atom stereocenters. The number of ketones is 1. The molecule has 0 spiro atoms. The van der Waals surface area contributed by atoms with Gasteiger partial charge in [0.15, 0.2) is 10.9 Å². The van der Waals surface area contributed by atoms with Gasteiger partial charge < -0.3 is 10.6 Å². The van der Waals surface area contributed by atoms with Crippen LogP contribution in [0.3, 0.4) is 0 Å². The first-order valence-corrected chi connectivity index (χ1v) is 12.5. The summed E-state index contributed by atoms with van der Waals surface area (Å²) in [6, 6.07) is 22.5. The Balaban J connectivity index is 1.29. The van der Waals surface area contributed by atoms with Gasteiger partial charge in [0.1, 0.15) is 0 Å². The predicted octanol–water partition coefficient (Wildman–Crippen LogP) is 4.37. The van der Waals surface area contributed by atoms with Gasteiger partial charge in [-0.05, 0) is 28.8 Å². The number of pyridine rings is 1. The van der Waals surface area contributed by atoms with Crippen LogP contribution in [0.1, 0.15) is 44.5 Å². The van der Waals surface area contributed by atoms with E-state index in [1.54, 1.807) is 12.4 Å². The number of hydrogen-bond acceptors (Lipinski definition) is 6. The molecular formula is C28H24N4O3S. The molecule has 2 heterocycles. The average molecular weight is 497 g/mol. The van der Waals surface area contributed by atoms with Gasteiger partial charge in [-0.3, -0.25) is 19.4 Å². The Bertz CT molecular complexity index is 1330. The number of carbonyl (C=O) groups excluding carboxylic acids is 3. The summed E-state index contributed by atoms with van der Waals surface area (Å²) in [4.78, 5) is 47.7. The predicted molar refractivity (Wildman–Crippen MR) is 138 cm³/mol. The lowest BCUT2D eigenvalue weighted by molar-refractivity contribution is -0.125. The van der Waals surface area contributed by atoms with Gasteiger partial charge in [-0.2, -0.15) is 0 Å². The highest BCUT2D eigenvalue weighted by molar-refractivity contribution is 7.17. The third-order valence-corrected chi connectivity index (χ3v) is 7.16. The number of aromatic nitrogens is 2. The van der Waals surface area contributed by atoms with Crippen LogP contribution in [0.15, 0.2) is 85.2 Å². The summed E-state index contributed by atoms with van der Waals surface area (Å²) in [6.45, 7) is 0. The van der Waals surface area contributed by atoms with Gasteiger partial charge in [-0.25, -0.2) is 4.98 Å². The lowest BCUT2D eigenvalue weighted by atomic mass is 9.88. The van der Waals surface area contributed by atoms with Crippen LogP contribution in [0.2, 0.25) is 0 Å². The number of hydrogen-bond donors (Lipinski definition) is 2. The number of nitrogens with zero attached hydrogens (tertiary/aromatic N) is 2. The zero-order valence-corrected chi connectivity index (χ0v) is 20.2. The van der Waals surface area contributed by atoms with Crippen LogP contribution >= 0.6 is 11.3 Å². The number of anilines is 1. The number of benzene rings is 2. The minimum Gasteiger partial charge on any atom is -0.345 e. The van der Waals surface area contributed by atoms with Crippen LogP contribution in [0.25, 0.3) is 0 Å². The van der Waals surface area contributed by atoms with Gasteiger partial charge in [0.25, 0.3) is 0 Å². The molecule has 1 aliphatic carbocycles. The zero-order valence-electron chi connectivity index (χ0n) is 19.4. The van der Waals surface area contributed by atoms with Crippen LogP contribution in [-0.2, 0) is 22.4 Å². The van der Waals surface area contributed by atoms with E-state index in [0.29, 0.717) is 22.1 Å². The van der Waals surface area contributed by atoms with Crippen LogP contribution in [0.5, 0.6) is 0 Å². The molecule has 2 amide bonds. The molecule has 1 aliphatic rings. The first-order chi connectivity index (χ1) is 17.6. The second-order valence-corrected chi connectivity index (χ2v) is 9.67. The fraction of sp³-hybridized carbons (Fsp3) is 0.179. The van der Waals surface area contributed by atoms with E-state index in [4.69, 9.17) is 0 Å². The van der Waals surface area contributed by atoms with E-state index in [1.807, 2.05) is 72.8 Å². The van der Waals surface area contributed by atoms with Crippen molar-refractivity contribution in [2.45, 2.75) is 25.3 Å². The van der Waals surface area contributed by atoms with Gasteiger partial charge in [0, 0.05) is 25.2 Å². The zero-order chi connectivity index (χ0) is 24.9. The Morgan fingerprint density at radius 3 is 2.31 bits per heavy atom. The minimum absolute atomic E-state index is 0.107. The second kappa shape index (κ2) is 10.6. The van der Waals surface area contributed by atoms with Crippen LogP contribution in [0, 0.1) is 5.92 Å². The molecule has 7 nitrogen and oxygen atoms in total. The first kappa shape index (κ1) is 23.6. The lowest BCUT2D eigenvalue weighted by Gasteiger charge is -2.25. The van der Waals surface area contributed by atoms with Crippen molar-refractivity contribution in [1.82, 2.24) is 15.3 Å². The summed E-state index contributed by atoms with van der Waals surface area (Å²) in [6.07, 6.45) is 4.06. The summed E-state index contributed by atoms with van der Waals surface area (Å²) in [5, 5.41) is 6.30. The van der Waals surface area contributed by atoms with E-state index >= 15 is 0 Å². The number of fused-ring (bicyclic) bond motifs is 1. The van der Waals surface area contributed by atoms with E-state index < -0.39 is 5.92 Å². The van der Waals surface area contributed by atoms with Gasteiger partial charge >= 0.3 is 0 Å². The quantitative estimate of drug-likeness (QED) is 0.396. The number of nitrogens with one attached hydrogen (secondary N) is 2. The summed E-state index contributed by atoms with van der Waals surface area (Å²) >= 11 is 1.17. The highest BCUT2D eigenvalue weighted by atomic mass is 32.1. The molecule has 2 N–H and O–H groups in total. The van der Waals surface area contributed by atoms with Crippen LogP contribution < -0.4 is 10.6 Å². The molecule has 0 aliphatic heterocycles. The fourth-order valence-corrected chi connectivity index (χ4v) is 5.29. The Morgan fingerprint density at radius 1 is 0.917 bits per heavy atom. The first-order valence-electron chi connectivity index (χ1n) is 11.7. The molecule has 0 fully saturated rings. The average Bonchev–Trinajstić information content (AvgIpc) is 3.31. The molecule has 36 heavy (non-hydrogen) atoms. The topological polar surface area (TPSA) is 101 Å². The number of thiazole rings is 1. The Kier molecular flexibility index (Phi) is 6.95. The fourth-order valence-electron chi connectivity index (χ4n) is 4.33. The van der Waals surface area contributed by atoms with Crippen LogP contribution in [0.4, 0.5) is 5.13 Å². The molecular weight excluding hydrogens is 472 g/mol. The standard InChI is InChI=1S/C28H24N4O3S/c33-23-17-21(27(35)32-25(19-9-5-2-6-10-19)20-11-13-29-14-12-20)16-22-26(23)36-28(30-22)31-24(34)15-18-7-3-1-4-8-18/h1-14,21,25H,15-17H2,(H,32,35)(H,30,31,34). The van der Waals surface area contributed by atoms with Crippen LogP contribution in [-0.4, -0.2) is 27.6 Å². The summed E-state index contributed by atoms with van der Waals surface area (Å²) in [7, 11) is 0. The van der Waals surface area contributed by atoms with Gasteiger partial charge in [0.2, 0.25) is 11.8 Å². The van der Waals surface area contributed by atoms with Crippen molar-refractivity contribution < 1.29 is 14.4 Å². The monoisotopic (exact) mass is 496 g/mol. The molecule has 180 valence electrons. The van der Waals surface area contributed by atoms with Crippen molar-refractivity contribution in [1.29, 1.82) is 0 Å². The SMILES string of the molecule is O=C(Cc1ccccc1)Nc1nc2c(s1)C(=O)CC(C(=O)NC(c1ccccc1)c1ccncc1)C2. The molecule has 2 aromatic heterocycles. The molecule has 0 bridgehead atoms. The Hall–Kier alpha value is -4.17. The molecule has 2 aromatic carbocycles. The molecule has 0 radical (unpaired) electrons.